The van der Waals surface area contributed by atoms with Crippen LogP contribution in [0.4, 0.5) is 0 Å². The Morgan fingerprint density at radius 1 is 0.610 bits per heavy atom. The summed E-state index contributed by atoms with van der Waals surface area (Å²) in [6, 6.07) is 26.1. The summed E-state index contributed by atoms with van der Waals surface area (Å²) in [6.45, 7) is 3.71. The van der Waals surface area contributed by atoms with E-state index in [4.69, 9.17) is 47.4 Å². The van der Waals surface area contributed by atoms with E-state index in [1.54, 1.807) is 18.2 Å². The highest BCUT2D eigenvalue weighted by molar-refractivity contribution is 5.89. The topological polar surface area (TPSA) is 218 Å². The fourth-order valence-electron chi connectivity index (χ4n) is 6.55. The monoisotopic (exact) mass is 824 g/mol. The highest BCUT2D eigenvalue weighted by atomic mass is 16.8. The van der Waals surface area contributed by atoms with Gasteiger partial charge in [0.15, 0.2) is 37.0 Å². The van der Waals surface area contributed by atoms with Crippen molar-refractivity contribution in [3.05, 3.63) is 108 Å². The standard InChI is InChI=1S/C42H48O17/c1-24(43)51-23-32-35(53-25(2)44)38(54-26(3)45)39(55-27(4)46)42(56-32)59-36-33(47)37(58-40(48)30-18-12-7-13-19-30)41(49)57-34(36)31(52-21-29-16-10-6-11-17-29)22-50-20-28-14-8-5-9-15-28/h5-19,31-39,41-42,47,49H,20-23H2,1-4H3/t31-,32+,33-,34+,35+,36-,37-,38-,39+,41-,42-/m0/s1. The number of hydrogen-bond acceptors (Lipinski definition) is 17. The highest BCUT2D eigenvalue weighted by Crippen LogP contribution is 2.35. The summed E-state index contributed by atoms with van der Waals surface area (Å²) < 4.78 is 58.6. The lowest BCUT2D eigenvalue weighted by Gasteiger charge is -2.48. The molecule has 0 saturated carbocycles. The molecule has 3 aromatic rings. The molecule has 0 spiro atoms. The molecule has 2 aliphatic rings. The van der Waals surface area contributed by atoms with Crippen molar-refractivity contribution in [1.29, 1.82) is 0 Å². The van der Waals surface area contributed by atoms with Crippen LogP contribution in [0.15, 0.2) is 91.0 Å². The van der Waals surface area contributed by atoms with Crippen molar-refractivity contribution in [2.75, 3.05) is 13.2 Å². The molecule has 17 nitrogen and oxygen atoms in total. The van der Waals surface area contributed by atoms with E-state index in [1.807, 2.05) is 60.7 Å². The Hall–Kier alpha value is -5.27. The molecule has 2 fully saturated rings. The molecule has 0 aliphatic carbocycles. The van der Waals surface area contributed by atoms with Crippen LogP contribution in [0.3, 0.4) is 0 Å². The van der Waals surface area contributed by atoms with Crippen LogP contribution in [0.25, 0.3) is 0 Å². The van der Waals surface area contributed by atoms with Gasteiger partial charge in [-0.3, -0.25) is 19.2 Å². The van der Waals surface area contributed by atoms with Crippen molar-refractivity contribution in [3.63, 3.8) is 0 Å². The van der Waals surface area contributed by atoms with Gasteiger partial charge in [0, 0.05) is 27.7 Å². The van der Waals surface area contributed by atoms with E-state index in [0.29, 0.717) is 0 Å². The van der Waals surface area contributed by atoms with Crippen LogP contribution in [0.2, 0.25) is 0 Å². The third-order valence-electron chi connectivity index (χ3n) is 9.13. The number of carbonyl (C=O) groups excluding carboxylic acids is 5. The first-order valence-electron chi connectivity index (χ1n) is 18.8. The Balaban J connectivity index is 1.55. The molecule has 2 aliphatic heterocycles. The van der Waals surface area contributed by atoms with Crippen LogP contribution in [0.5, 0.6) is 0 Å². The van der Waals surface area contributed by atoms with E-state index >= 15 is 0 Å². The Kier molecular flexibility index (Phi) is 16.4. The number of esters is 5. The number of hydrogen-bond donors (Lipinski definition) is 2. The summed E-state index contributed by atoms with van der Waals surface area (Å²) in [7, 11) is 0. The number of carbonyl (C=O) groups is 5. The summed E-state index contributed by atoms with van der Waals surface area (Å²) >= 11 is 0. The molecule has 3 aromatic carbocycles. The lowest BCUT2D eigenvalue weighted by atomic mass is 9.93. The molecule has 2 heterocycles. The van der Waals surface area contributed by atoms with Gasteiger partial charge >= 0.3 is 29.8 Å². The summed E-state index contributed by atoms with van der Waals surface area (Å²) in [4.78, 5) is 62.6. The molecule has 318 valence electrons. The van der Waals surface area contributed by atoms with E-state index < -0.39 is 104 Å². The van der Waals surface area contributed by atoms with Crippen molar-refractivity contribution >= 4 is 29.8 Å². The number of aliphatic hydroxyl groups is 2. The predicted molar refractivity (Wildman–Crippen MR) is 200 cm³/mol. The third kappa shape index (κ3) is 12.9. The van der Waals surface area contributed by atoms with Gasteiger partial charge in [0.25, 0.3) is 0 Å². The second-order valence-corrected chi connectivity index (χ2v) is 13.7. The molecule has 17 heteroatoms. The molecular formula is C42H48O17. The van der Waals surface area contributed by atoms with E-state index in [0.717, 1.165) is 38.8 Å². The van der Waals surface area contributed by atoms with E-state index in [9.17, 15) is 34.2 Å². The Labute approximate surface area is 340 Å². The van der Waals surface area contributed by atoms with Gasteiger partial charge in [-0.05, 0) is 23.3 Å². The first-order chi connectivity index (χ1) is 28.3. The van der Waals surface area contributed by atoms with Crippen LogP contribution in [0.1, 0.15) is 49.2 Å². The zero-order valence-corrected chi connectivity index (χ0v) is 32.9. The van der Waals surface area contributed by atoms with E-state index in [-0.39, 0.29) is 25.4 Å². The number of aliphatic hydroxyl groups excluding tert-OH is 2. The number of benzene rings is 3. The molecule has 11 atom stereocenters. The second-order valence-electron chi connectivity index (χ2n) is 13.7. The van der Waals surface area contributed by atoms with E-state index in [2.05, 4.69) is 0 Å². The molecule has 59 heavy (non-hydrogen) atoms. The molecule has 0 amide bonds. The zero-order chi connectivity index (χ0) is 42.5. The maximum absolute atomic E-state index is 13.3. The second kappa shape index (κ2) is 21.7. The number of rotatable bonds is 17. The normalized spacial score (nSPS) is 27.1. The Bertz CT molecular complexity index is 1830. The Morgan fingerprint density at radius 3 is 1.73 bits per heavy atom. The smallest absolute Gasteiger partial charge is 0.338 e. The fourth-order valence-corrected chi connectivity index (χ4v) is 6.55. The first-order valence-corrected chi connectivity index (χ1v) is 18.8. The van der Waals surface area contributed by atoms with Gasteiger partial charge in [-0.1, -0.05) is 78.9 Å². The van der Waals surface area contributed by atoms with Crippen molar-refractivity contribution in [3.8, 4) is 0 Å². The molecular weight excluding hydrogens is 776 g/mol. The van der Waals surface area contributed by atoms with Gasteiger partial charge in [0.05, 0.1) is 25.4 Å². The minimum Gasteiger partial charge on any atom is -0.463 e. The maximum Gasteiger partial charge on any atom is 0.338 e. The van der Waals surface area contributed by atoms with Crippen molar-refractivity contribution in [1.82, 2.24) is 0 Å². The summed E-state index contributed by atoms with van der Waals surface area (Å²) in [5.41, 5.74) is 1.69. The third-order valence-corrected chi connectivity index (χ3v) is 9.13. The lowest BCUT2D eigenvalue weighted by molar-refractivity contribution is -0.362. The Morgan fingerprint density at radius 2 is 1.15 bits per heavy atom. The van der Waals surface area contributed by atoms with Crippen LogP contribution in [-0.4, -0.2) is 121 Å². The minimum atomic E-state index is -1.95. The summed E-state index contributed by atoms with van der Waals surface area (Å²) in [5.74, 6) is -4.27. The van der Waals surface area contributed by atoms with Gasteiger partial charge in [0.2, 0.25) is 0 Å². The SMILES string of the molecule is CC(=O)OC[C@H]1O[C@@H](O[C@H]2[C@H](O)[C@H](OC(=O)c3ccccc3)[C@@H](O)O[C@@H]2[C@H](COCc2ccccc2)OCc2ccccc2)[C@H](OC(C)=O)[C@@H](OC(C)=O)[C@@H]1OC(C)=O. The molecule has 5 rings (SSSR count). The van der Waals surface area contributed by atoms with Crippen molar-refractivity contribution in [2.45, 2.75) is 108 Å². The number of ether oxygens (including phenoxy) is 10. The maximum atomic E-state index is 13.3. The van der Waals surface area contributed by atoms with Crippen molar-refractivity contribution in [2.24, 2.45) is 0 Å². The molecule has 0 unspecified atom stereocenters. The van der Waals surface area contributed by atoms with Gasteiger partial charge < -0.3 is 57.6 Å². The minimum absolute atomic E-state index is 0.00441. The van der Waals surface area contributed by atoms with Crippen molar-refractivity contribution < 1.29 is 81.6 Å². The average Bonchev–Trinajstić information content (AvgIpc) is 3.20. The van der Waals surface area contributed by atoms with Crippen LogP contribution >= 0.6 is 0 Å². The van der Waals surface area contributed by atoms with E-state index in [1.165, 1.54) is 12.1 Å². The molecule has 2 N–H and O–H groups in total. The largest absolute Gasteiger partial charge is 0.463 e. The quantitative estimate of drug-likeness (QED) is 0.148. The molecule has 2 saturated heterocycles. The van der Waals surface area contributed by atoms with Gasteiger partial charge in [-0.25, -0.2) is 4.79 Å². The zero-order valence-electron chi connectivity index (χ0n) is 32.9. The molecule has 0 aromatic heterocycles. The van der Waals surface area contributed by atoms with Gasteiger partial charge in [-0.2, -0.15) is 0 Å². The average molecular weight is 825 g/mol. The lowest BCUT2D eigenvalue weighted by Crippen LogP contribution is -2.67. The van der Waals surface area contributed by atoms with Gasteiger partial charge in [0.1, 0.15) is 37.1 Å². The first kappa shape index (κ1) is 44.8. The molecule has 0 bridgehead atoms. The fraction of sp³-hybridized carbons (Fsp3) is 0.452. The summed E-state index contributed by atoms with van der Waals surface area (Å²) in [5, 5.41) is 23.5. The van der Waals surface area contributed by atoms with Crippen LogP contribution in [-0.2, 0) is 79.8 Å². The van der Waals surface area contributed by atoms with Crippen LogP contribution < -0.4 is 0 Å². The van der Waals surface area contributed by atoms with Crippen LogP contribution in [0, 0.1) is 0 Å². The predicted octanol–water partition coefficient (Wildman–Crippen LogP) is 2.56. The molecule has 0 radical (unpaired) electrons. The highest BCUT2D eigenvalue weighted by Gasteiger charge is 2.57. The summed E-state index contributed by atoms with van der Waals surface area (Å²) in [6.07, 6.45) is -17.9. The van der Waals surface area contributed by atoms with Gasteiger partial charge in [-0.15, -0.1) is 0 Å².